The first-order chi connectivity index (χ1) is 14.1. The summed E-state index contributed by atoms with van der Waals surface area (Å²) in [7, 11) is 5.98. The molecule has 0 aromatic carbocycles. The summed E-state index contributed by atoms with van der Waals surface area (Å²) in [5.41, 5.74) is 0. The van der Waals surface area contributed by atoms with Crippen molar-refractivity contribution in [3.8, 4) is 0 Å². The number of anilines is 3. The normalized spacial score (nSPS) is 23.0. The number of ether oxygens (including phenoxy) is 1. The van der Waals surface area contributed by atoms with E-state index >= 15 is 0 Å². The van der Waals surface area contributed by atoms with Gasteiger partial charge < -0.3 is 24.8 Å². The predicted octanol–water partition coefficient (Wildman–Crippen LogP) is 1.11. The highest BCUT2D eigenvalue weighted by Crippen LogP contribution is 2.24. The van der Waals surface area contributed by atoms with Gasteiger partial charge in [0.1, 0.15) is 5.82 Å². The molecule has 2 aromatic heterocycles. The van der Waals surface area contributed by atoms with E-state index in [1.165, 1.54) is 0 Å². The van der Waals surface area contributed by atoms with Crippen molar-refractivity contribution >= 4 is 17.6 Å². The van der Waals surface area contributed by atoms with E-state index in [2.05, 4.69) is 49.3 Å². The SMILES string of the molecule is CO[C@@H]1CN(c2ccnc(NC3CCN(c4cccnn4)CC3)n2)C[C@@H]1N(C)C. The number of hydrogen-bond acceptors (Lipinski definition) is 9. The maximum atomic E-state index is 5.68. The molecule has 2 aromatic rings. The first kappa shape index (κ1) is 19.8. The van der Waals surface area contributed by atoms with Gasteiger partial charge in [0.05, 0.1) is 12.1 Å². The van der Waals surface area contributed by atoms with Crippen molar-refractivity contribution in [3.63, 3.8) is 0 Å². The van der Waals surface area contributed by atoms with Crippen LogP contribution >= 0.6 is 0 Å². The van der Waals surface area contributed by atoms with E-state index in [-0.39, 0.29) is 6.10 Å². The lowest BCUT2D eigenvalue weighted by molar-refractivity contribution is 0.0639. The van der Waals surface area contributed by atoms with Crippen LogP contribution < -0.4 is 15.1 Å². The molecule has 2 atom stereocenters. The van der Waals surface area contributed by atoms with Crippen molar-refractivity contribution in [1.29, 1.82) is 0 Å². The molecule has 0 aliphatic carbocycles. The Labute approximate surface area is 172 Å². The van der Waals surface area contributed by atoms with E-state index in [4.69, 9.17) is 9.72 Å². The molecule has 9 heteroatoms. The summed E-state index contributed by atoms with van der Waals surface area (Å²) < 4.78 is 5.68. The number of piperidine rings is 1. The van der Waals surface area contributed by atoms with Gasteiger partial charge in [0.15, 0.2) is 5.82 Å². The van der Waals surface area contributed by atoms with E-state index in [0.29, 0.717) is 18.0 Å². The second kappa shape index (κ2) is 8.87. The average Bonchev–Trinajstić information content (AvgIpc) is 3.20. The van der Waals surface area contributed by atoms with E-state index in [1.807, 2.05) is 24.4 Å². The Bertz CT molecular complexity index is 781. The van der Waals surface area contributed by atoms with Gasteiger partial charge in [-0.15, -0.1) is 5.10 Å². The van der Waals surface area contributed by atoms with E-state index in [1.54, 1.807) is 13.3 Å². The van der Waals surface area contributed by atoms with Crippen LogP contribution in [0.1, 0.15) is 12.8 Å². The molecule has 4 heterocycles. The topological polar surface area (TPSA) is 82.5 Å². The third kappa shape index (κ3) is 4.56. The van der Waals surface area contributed by atoms with Crippen molar-refractivity contribution in [2.75, 3.05) is 62.5 Å². The van der Waals surface area contributed by atoms with Gasteiger partial charge in [0.2, 0.25) is 5.95 Å². The molecular formula is C20H30N8O. The fourth-order valence-corrected chi connectivity index (χ4v) is 4.16. The monoisotopic (exact) mass is 398 g/mol. The van der Waals surface area contributed by atoms with Crippen LogP contribution in [-0.2, 0) is 4.74 Å². The lowest BCUT2D eigenvalue weighted by Crippen LogP contribution is -2.40. The fourth-order valence-electron chi connectivity index (χ4n) is 4.16. The summed E-state index contributed by atoms with van der Waals surface area (Å²) in [6.45, 7) is 3.63. The Kier molecular flexibility index (Phi) is 6.05. The van der Waals surface area contributed by atoms with E-state index in [9.17, 15) is 0 Å². The van der Waals surface area contributed by atoms with Crippen molar-refractivity contribution in [2.24, 2.45) is 0 Å². The van der Waals surface area contributed by atoms with Crippen LogP contribution in [0.25, 0.3) is 0 Å². The Balaban J connectivity index is 1.35. The molecule has 2 aliphatic heterocycles. The molecule has 2 saturated heterocycles. The molecular weight excluding hydrogens is 368 g/mol. The summed E-state index contributed by atoms with van der Waals surface area (Å²) in [6, 6.07) is 6.64. The fraction of sp³-hybridized carbons (Fsp3) is 0.600. The highest BCUT2D eigenvalue weighted by atomic mass is 16.5. The summed E-state index contributed by atoms with van der Waals surface area (Å²) in [5.74, 6) is 2.59. The van der Waals surface area contributed by atoms with Gasteiger partial charge in [-0.25, -0.2) is 4.98 Å². The minimum atomic E-state index is 0.182. The third-order valence-electron chi connectivity index (χ3n) is 5.88. The van der Waals surface area contributed by atoms with Crippen LogP contribution in [0.15, 0.2) is 30.6 Å². The highest BCUT2D eigenvalue weighted by Gasteiger charge is 2.35. The maximum Gasteiger partial charge on any atom is 0.224 e. The van der Waals surface area contributed by atoms with Crippen LogP contribution in [0, 0.1) is 0 Å². The molecule has 0 unspecified atom stereocenters. The molecule has 29 heavy (non-hydrogen) atoms. The number of likely N-dealkylation sites (N-methyl/N-ethyl adjacent to an activating group) is 1. The molecule has 156 valence electrons. The van der Waals surface area contributed by atoms with E-state index < -0.39 is 0 Å². The summed E-state index contributed by atoms with van der Waals surface area (Å²) >= 11 is 0. The van der Waals surface area contributed by atoms with Gasteiger partial charge in [-0.1, -0.05) is 0 Å². The Morgan fingerprint density at radius 1 is 1.07 bits per heavy atom. The molecule has 0 spiro atoms. The van der Waals surface area contributed by atoms with Crippen molar-refractivity contribution < 1.29 is 4.74 Å². The molecule has 1 N–H and O–H groups in total. The van der Waals surface area contributed by atoms with Crippen LogP contribution in [0.3, 0.4) is 0 Å². The smallest absolute Gasteiger partial charge is 0.224 e. The Morgan fingerprint density at radius 2 is 1.90 bits per heavy atom. The van der Waals surface area contributed by atoms with Crippen molar-refractivity contribution in [2.45, 2.75) is 31.0 Å². The highest BCUT2D eigenvalue weighted by molar-refractivity contribution is 5.45. The second-order valence-corrected chi connectivity index (χ2v) is 7.94. The minimum absolute atomic E-state index is 0.182. The third-order valence-corrected chi connectivity index (χ3v) is 5.88. The summed E-state index contributed by atoms with van der Waals surface area (Å²) in [6.07, 6.45) is 5.76. The van der Waals surface area contributed by atoms with Crippen LogP contribution in [0.4, 0.5) is 17.6 Å². The first-order valence-electron chi connectivity index (χ1n) is 10.2. The standard InChI is InChI=1S/C20H30N8O/c1-26(2)16-13-28(14-17(16)29-3)18-6-10-21-20(24-18)23-15-7-11-27(12-8-15)19-5-4-9-22-25-19/h4-6,9-10,15-17H,7-8,11-14H2,1-3H3,(H,21,23,24)/t16-,17+/m0/s1. The summed E-state index contributed by atoms with van der Waals surface area (Å²) in [4.78, 5) is 16.0. The molecule has 0 bridgehead atoms. The molecule has 9 nitrogen and oxygen atoms in total. The minimum Gasteiger partial charge on any atom is -0.378 e. The number of nitrogens with zero attached hydrogens (tertiary/aromatic N) is 7. The molecule has 0 amide bonds. The number of rotatable bonds is 6. The van der Waals surface area contributed by atoms with Gasteiger partial charge in [-0.3, -0.25) is 0 Å². The quantitative estimate of drug-likeness (QED) is 0.769. The van der Waals surface area contributed by atoms with Crippen LogP contribution in [0.5, 0.6) is 0 Å². The number of hydrogen-bond donors (Lipinski definition) is 1. The number of nitrogens with one attached hydrogen (secondary N) is 1. The average molecular weight is 399 g/mol. The van der Waals surface area contributed by atoms with Gasteiger partial charge in [0, 0.05) is 51.7 Å². The first-order valence-corrected chi connectivity index (χ1v) is 10.2. The largest absolute Gasteiger partial charge is 0.378 e. The van der Waals surface area contributed by atoms with Crippen molar-refractivity contribution in [1.82, 2.24) is 25.1 Å². The lowest BCUT2D eigenvalue weighted by Gasteiger charge is -2.32. The maximum absolute atomic E-state index is 5.68. The molecule has 2 aliphatic rings. The molecule has 0 radical (unpaired) electrons. The summed E-state index contributed by atoms with van der Waals surface area (Å²) in [5, 5.41) is 11.7. The Hall–Kier alpha value is -2.52. The number of methoxy groups -OCH3 is 1. The predicted molar refractivity (Wildman–Crippen MR) is 113 cm³/mol. The zero-order valence-corrected chi connectivity index (χ0v) is 17.4. The van der Waals surface area contributed by atoms with Gasteiger partial charge >= 0.3 is 0 Å². The molecule has 4 rings (SSSR count). The van der Waals surface area contributed by atoms with Crippen molar-refractivity contribution in [3.05, 3.63) is 30.6 Å². The van der Waals surface area contributed by atoms with Gasteiger partial charge in [0.25, 0.3) is 0 Å². The zero-order valence-electron chi connectivity index (χ0n) is 17.4. The molecule has 2 fully saturated rings. The van der Waals surface area contributed by atoms with Gasteiger partial charge in [-0.05, 0) is 45.1 Å². The van der Waals surface area contributed by atoms with Crippen LogP contribution in [-0.4, -0.2) is 90.6 Å². The number of aromatic nitrogens is 4. The van der Waals surface area contributed by atoms with Gasteiger partial charge in [-0.2, -0.15) is 10.1 Å². The Morgan fingerprint density at radius 3 is 2.55 bits per heavy atom. The molecule has 0 saturated carbocycles. The zero-order chi connectivity index (χ0) is 20.2. The van der Waals surface area contributed by atoms with Crippen LogP contribution in [0.2, 0.25) is 0 Å². The van der Waals surface area contributed by atoms with E-state index in [0.717, 1.165) is 50.7 Å². The second-order valence-electron chi connectivity index (χ2n) is 7.94. The lowest BCUT2D eigenvalue weighted by atomic mass is 10.1.